The Morgan fingerprint density at radius 3 is 2.29 bits per heavy atom. The Morgan fingerprint density at radius 1 is 1.18 bits per heavy atom. The molecule has 1 aromatic heterocycles. The smallest absolute Gasteiger partial charge is 0.0915 e. The van der Waals surface area contributed by atoms with Crippen molar-refractivity contribution in [3.05, 3.63) is 30.1 Å². The van der Waals surface area contributed by atoms with E-state index in [0.29, 0.717) is 12.6 Å². The average Bonchev–Trinajstić information content (AvgIpc) is 2.37. The molecule has 96 valence electrons. The fraction of sp³-hybridized carbons (Fsp3) is 0.643. The summed E-state index contributed by atoms with van der Waals surface area (Å²) in [4.78, 5) is 3.95. The maximum absolute atomic E-state index is 10.0. The summed E-state index contributed by atoms with van der Waals surface area (Å²) in [6, 6.07) is 4.25. The maximum Gasteiger partial charge on any atom is 0.0915 e. The van der Waals surface area contributed by atoms with Gasteiger partial charge in [0.05, 0.1) is 6.10 Å². The first-order chi connectivity index (χ1) is 8.27. The number of aromatic nitrogens is 1. The molecule has 0 spiro atoms. The summed E-state index contributed by atoms with van der Waals surface area (Å²) in [6.07, 6.45) is 7.72. The van der Waals surface area contributed by atoms with Gasteiger partial charge in [0.15, 0.2) is 0 Å². The van der Waals surface area contributed by atoms with Crippen molar-refractivity contribution in [1.29, 1.82) is 0 Å². The van der Waals surface area contributed by atoms with Gasteiger partial charge in [-0.25, -0.2) is 0 Å². The van der Waals surface area contributed by atoms with Crippen molar-refractivity contribution in [2.75, 3.05) is 6.54 Å². The number of hydrogen-bond donors (Lipinski definition) is 2. The van der Waals surface area contributed by atoms with Crippen molar-refractivity contribution >= 4 is 0 Å². The lowest BCUT2D eigenvalue weighted by Crippen LogP contribution is -2.32. The third-order valence-corrected chi connectivity index (χ3v) is 2.97. The van der Waals surface area contributed by atoms with E-state index in [1.807, 2.05) is 12.1 Å². The Hall–Kier alpha value is -0.930. The highest BCUT2D eigenvalue weighted by Crippen LogP contribution is 2.11. The van der Waals surface area contributed by atoms with E-state index in [1.54, 1.807) is 12.4 Å². The second-order valence-electron chi connectivity index (χ2n) is 4.48. The summed E-state index contributed by atoms with van der Waals surface area (Å²) < 4.78 is 0. The van der Waals surface area contributed by atoms with Gasteiger partial charge in [0.1, 0.15) is 0 Å². The average molecular weight is 236 g/mol. The number of aliphatic hydroxyl groups excluding tert-OH is 1. The van der Waals surface area contributed by atoms with Gasteiger partial charge in [-0.1, -0.05) is 26.7 Å². The molecular weight excluding hydrogens is 212 g/mol. The normalized spacial score (nSPS) is 12.9. The molecule has 2 N–H and O–H groups in total. The topological polar surface area (TPSA) is 45.1 Å². The number of nitrogens with one attached hydrogen (secondary N) is 1. The highest BCUT2D eigenvalue weighted by atomic mass is 16.3. The molecule has 1 unspecified atom stereocenters. The molecule has 3 heteroatoms. The van der Waals surface area contributed by atoms with Crippen LogP contribution in [0, 0.1) is 0 Å². The molecule has 0 saturated heterocycles. The molecule has 0 aliphatic rings. The van der Waals surface area contributed by atoms with E-state index < -0.39 is 6.10 Å². The zero-order valence-corrected chi connectivity index (χ0v) is 10.9. The van der Waals surface area contributed by atoms with Crippen molar-refractivity contribution in [2.45, 2.75) is 51.7 Å². The van der Waals surface area contributed by atoms with Gasteiger partial charge < -0.3 is 10.4 Å². The summed E-state index contributed by atoms with van der Waals surface area (Å²) in [5, 5.41) is 13.5. The summed E-state index contributed by atoms with van der Waals surface area (Å²) in [6.45, 7) is 5.02. The van der Waals surface area contributed by atoms with Crippen LogP contribution in [0.3, 0.4) is 0 Å². The first kappa shape index (κ1) is 14.1. The molecule has 1 heterocycles. The van der Waals surface area contributed by atoms with Gasteiger partial charge in [-0.3, -0.25) is 4.98 Å². The van der Waals surface area contributed by atoms with Crippen molar-refractivity contribution in [2.24, 2.45) is 0 Å². The number of nitrogens with zero attached hydrogens (tertiary/aromatic N) is 1. The largest absolute Gasteiger partial charge is 0.387 e. The molecule has 1 rings (SSSR count). The first-order valence-corrected chi connectivity index (χ1v) is 6.59. The Bertz CT molecular complexity index is 284. The van der Waals surface area contributed by atoms with Crippen molar-refractivity contribution in [3.63, 3.8) is 0 Å². The van der Waals surface area contributed by atoms with E-state index in [1.165, 1.54) is 25.7 Å². The molecule has 0 radical (unpaired) electrons. The second kappa shape index (κ2) is 8.20. The fourth-order valence-corrected chi connectivity index (χ4v) is 2.03. The number of pyridine rings is 1. The van der Waals surface area contributed by atoms with Crippen LogP contribution in [0.5, 0.6) is 0 Å². The zero-order valence-electron chi connectivity index (χ0n) is 10.9. The molecular formula is C14H24N2O. The molecule has 0 saturated carbocycles. The predicted molar refractivity (Wildman–Crippen MR) is 70.8 cm³/mol. The SMILES string of the molecule is CCCC(CCC)NCC(O)c1ccncc1. The van der Waals surface area contributed by atoms with Gasteiger partial charge in [0.25, 0.3) is 0 Å². The monoisotopic (exact) mass is 236 g/mol. The third kappa shape index (κ3) is 5.29. The third-order valence-electron chi connectivity index (χ3n) is 2.97. The number of rotatable bonds is 8. The Labute approximate surface area is 104 Å². The minimum Gasteiger partial charge on any atom is -0.387 e. The van der Waals surface area contributed by atoms with Crippen LogP contribution >= 0.6 is 0 Å². The van der Waals surface area contributed by atoms with E-state index >= 15 is 0 Å². The second-order valence-corrected chi connectivity index (χ2v) is 4.48. The lowest BCUT2D eigenvalue weighted by Gasteiger charge is -2.20. The lowest BCUT2D eigenvalue weighted by atomic mass is 10.1. The number of aliphatic hydroxyl groups is 1. The van der Waals surface area contributed by atoms with Crippen LogP contribution < -0.4 is 5.32 Å². The molecule has 0 fully saturated rings. The summed E-state index contributed by atoms with van der Waals surface area (Å²) in [7, 11) is 0. The fourth-order valence-electron chi connectivity index (χ4n) is 2.03. The van der Waals surface area contributed by atoms with Crippen LogP contribution in [-0.4, -0.2) is 22.7 Å². The molecule has 0 amide bonds. The maximum atomic E-state index is 10.0. The van der Waals surface area contributed by atoms with Gasteiger partial charge >= 0.3 is 0 Å². The van der Waals surface area contributed by atoms with Crippen LogP contribution in [0.1, 0.15) is 51.2 Å². The van der Waals surface area contributed by atoms with Gasteiger partial charge in [0, 0.05) is 25.0 Å². The van der Waals surface area contributed by atoms with Crippen molar-refractivity contribution in [1.82, 2.24) is 10.3 Å². The molecule has 0 aromatic carbocycles. The van der Waals surface area contributed by atoms with Crippen molar-refractivity contribution in [3.8, 4) is 0 Å². The first-order valence-electron chi connectivity index (χ1n) is 6.59. The Morgan fingerprint density at radius 2 is 1.76 bits per heavy atom. The molecule has 0 aliphatic heterocycles. The molecule has 17 heavy (non-hydrogen) atoms. The minimum absolute atomic E-state index is 0.436. The van der Waals surface area contributed by atoms with E-state index in [2.05, 4.69) is 24.1 Å². The molecule has 3 nitrogen and oxygen atoms in total. The summed E-state index contributed by atoms with van der Waals surface area (Å²) in [5.41, 5.74) is 0.930. The van der Waals surface area contributed by atoms with Gasteiger partial charge in [0.2, 0.25) is 0 Å². The van der Waals surface area contributed by atoms with Gasteiger partial charge in [-0.15, -0.1) is 0 Å². The van der Waals surface area contributed by atoms with Crippen LogP contribution in [0.25, 0.3) is 0 Å². The van der Waals surface area contributed by atoms with E-state index in [-0.39, 0.29) is 0 Å². The number of hydrogen-bond acceptors (Lipinski definition) is 3. The van der Waals surface area contributed by atoms with Gasteiger partial charge in [-0.2, -0.15) is 0 Å². The van der Waals surface area contributed by atoms with E-state index in [9.17, 15) is 5.11 Å². The minimum atomic E-state index is -0.436. The van der Waals surface area contributed by atoms with E-state index in [0.717, 1.165) is 5.56 Å². The van der Waals surface area contributed by atoms with Crippen LogP contribution in [0.15, 0.2) is 24.5 Å². The van der Waals surface area contributed by atoms with Crippen molar-refractivity contribution < 1.29 is 5.11 Å². The lowest BCUT2D eigenvalue weighted by molar-refractivity contribution is 0.167. The van der Waals surface area contributed by atoms with Gasteiger partial charge in [-0.05, 0) is 30.5 Å². The standard InChI is InChI=1S/C14H24N2O/c1-3-5-13(6-4-2)16-11-14(17)12-7-9-15-10-8-12/h7-10,13-14,16-17H,3-6,11H2,1-2H3. The Kier molecular flexibility index (Phi) is 6.82. The van der Waals surface area contributed by atoms with Crippen LogP contribution in [-0.2, 0) is 0 Å². The molecule has 0 aliphatic carbocycles. The summed E-state index contributed by atoms with van der Waals surface area (Å²) in [5.74, 6) is 0. The molecule has 0 bridgehead atoms. The molecule has 1 atom stereocenters. The summed E-state index contributed by atoms with van der Waals surface area (Å²) >= 11 is 0. The highest BCUT2D eigenvalue weighted by molar-refractivity contribution is 5.13. The Balaban J connectivity index is 2.38. The van der Waals surface area contributed by atoms with Crippen LogP contribution in [0.2, 0.25) is 0 Å². The highest BCUT2D eigenvalue weighted by Gasteiger charge is 2.10. The quantitative estimate of drug-likeness (QED) is 0.729. The molecule has 1 aromatic rings. The predicted octanol–water partition coefficient (Wildman–Crippen LogP) is 2.67. The van der Waals surface area contributed by atoms with E-state index in [4.69, 9.17) is 0 Å². The van der Waals surface area contributed by atoms with Crippen LogP contribution in [0.4, 0.5) is 0 Å². The zero-order chi connectivity index (χ0) is 12.5.